The molecule has 0 aliphatic heterocycles. The average Bonchev–Trinajstić information content (AvgIpc) is 2.67. The topological polar surface area (TPSA) is 43.1 Å². The summed E-state index contributed by atoms with van der Waals surface area (Å²) in [7, 11) is 0. The Hall–Kier alpha value is -2.71. The summed E-state index contributed by atoms with van der Waals surface area (Å²) in [6.07, 6.45) is 0.630. The van der Waals surface area contributed by atoms with Gasteiger partial charge in [-0.3, -0.25) is 4.79 Å². The van der Waals surface area contributed by atoms with Crippen molar-refractivity contribution in [3.05, 3.63) is 108 Å². The van der Waals surface area contributed by atoms with Crippen LogP contribution in [0.3, 0.4) is 0 Å². The molecule has 2 N–H and O–H groups in total. The molecule has 0 aliphatic rings. The Balaban J connectivity index is 1.93. The van der Waals surface area contributed by atoms with Crippen LogP contribution in [0, 0.1) is 5.92 Å². The number of nitrogens with two attached hydrogens (primary N) is 1. The van der Waals surface area contributed by atoms with Crippen LogP contribution in [0.25, 0.3) is 0 Å². The molecule has 0 saturated carbocycles. The molecule has 3 aromatic carbocycles. The van der Waals surface area contributed by atoms with Gasteiger partial charge in [0.2, 0.25) is 0 Å². The number of carbonyl (C=O) groups is 1. The summed E-state index contributed by atoms with van der Waals surface area (Å²) in [5.41, 5.74) is 9.33. The normalized spacial score (nSPS) is 13.2. The highest BCUT2D eigenvalue weighted by molar-refractivity contribution is 5.98. The SMILES string of the molecule is N[C@@H](c1ccccc1)[C@@H](Cc1ccccc1)C(=O)c1ccccc1. The Labute approximate surface area is 143 Å². The van der Waals surface area contributed by atoms with Crippen molar-refractivity contribution in [1.29, 1.82) is 0 Å². The minimum Gasteiger partial charge on any atom is -0.323 e. The largest absolute Gasteiger partial charge is 0.323 e. The van der Waals surface area contributed by atoms with E-state index in [1.807, 2.05) is 91.0 Å². The van der Waals surface area contributed by atoms with Gasteiger partial charge in [-0.15, -0.1) is 0 Å². The van der Waals surface area contributed by atoms with Crippen LogP contribution in [0.5, 0.6) is 0 Å². The van der Waals surface area contributed by atoms with Gasteiger partial charge >= 0.3 is 0 Å². The van der Waals surface area contributed by atoms with E-state index in [1.54, 1.807) is 0 Å². The van der Waals surface area contributed by atoms with Crippen LogP contribution < -0.4 is 5.73 Å². The van der Waals surface area contributed by atoms with Crippen LogP contribution in [0.1, 0.15) is 27.5 Å². The van der Waals surface area contributed by atoms with Crippen molar-refractivity contribution in [2.75, 3.05) is 0 Å². The molecule has 2 heteroatoms. The minimum absolute atomic E-state index is 0.0933. The zero-order chi connectivity index (χ0) is 16.8. The van der Waals surface area contributed by atoms with Crippen LogP contribution >= 0.6 is 0 Å². The number of carbonyl (C=O) groups excluding carboxylic acids is 1. The van der Waals surface area contributed by atoms with Crippen molar-refractivity contribution < 1.29 is 4.79 Å². The Bertz CT molecular complexity index is 769. The summed E-state index contributed by atoms with van der Waals surface area (Å²) in [5, 5.41) is 0. The Morgan fingerprint density at radius 1 is 0.750 bits per heavy atom. The van der Waals surface area contributed by atoms with Crippen LogP contribution in [-0.4, -0.2) is 5.78 Å². The van der Waals surface area contributed by atoms with Crippen LogP contribution in [-0.2, 0) is 6.42 Å². The predicted octanol–water partition coefficient (Wildman–Crippen LogP) is 4.43. The van der Waals surface area contributed by atoms with Gasteiger partial charge in [0.15, 0.2) is 5.78 Å². The summed E-state index contributed by atoms with van der Waals surface area (Å²) in [4.78, 5) is 13.1. The molecule has 0 saturated heterocycles. The fourth-order valence-electron chi connectivity index (χ4n) is 2.97. The van der Waals surface area contributed by atoms with E-state index in [1.165, 1.54) is 0 Å². The van der Waals surface area contributed by atoms with Gasteiger partial charge in [0.05, 0.1) is 0 Å². The van der Waals surface area contributed by atoms with E-state index in [4.69, 9.17) is 5.73 Å². The lowest BCUT2D eigenvalue weighted by molar-refractivity contribution is 0.0899. The molecule has 120 valence electrons. The number of hydrogen-bond acceptors (Lipinski definition) is 2. The van der Waals surface area contributed by atoms with Gasteiger partial charge in [-0.05, 0) is 17.5 Å². The number of Topliss-reactive ketones (excluding diaryl/α,β-unsaturated/α-hetero) is 1. The summed E-state index contributed by atoms with van der Waals surface area (Å²) in [6, 6.07) is 29.0. The van der Waals surface area contributed by atoms with Crippen molar-refractivity contribution >= 4 is 5.78 Å². The van der Waals surface area contributed by atoms with Crippen molar-refractivity contribution in [3.63, 3.8) is 0 Å². The first kappa shape index (κ1) is 16.2. The third-order valence-corrected chi connectivity index (χ3v) is 4.31. The lowest BCUT2D eigenvalue weighted by atomic mass is 9.83. The molecular weight excluding hydrogens is 294 g/mol. The fraction of sp³-hybridized carbons (Fsp3) is 0.136. The fourth-order valence-corrected chi connectivity index (χ4v) is 2.97. The molecule has 0 aromatic heterocycles. The molecule has 3 aromatic rings. The molecule has 0 heterocycles. The average molecular weight is 315 g/mol. The molecule has 0 aliphatic carbocycles. The van der Waals surface area contributed by atoms with Crippen molar-refractivity contribution in [1.82, 2.24) is 0 Å². The first-order chi connectivity index (χ1) is 11.8. The Morgan fingerprint density at radius 3 is 1.83 bits per heavy atom. The summed E-state index contributed by atoms with van der Waals surface area (Å²) < 4.78 is 0. The highest BCUT2D eigenvalue weighted by atomic mass is 16.1. The number of rotatable bonds is 6. The second-order valence-electron chi connectivity index (χ2n) is 5.96. The second kappa shape index (κ2) is 7.71. The molecule has 24 heavy (non-hydrogen) atoms. The quantitative estimate of drug-likeness (QED) is 0.684. The number of ketones is 1. The Morgan fingerprint density at radius 2 is 1.25 bits per heavy atom. The highest BCUT2D eigenvalue weighted by Gasteiger charge is 2.27. The Kier molecular flexibility index (Phi) is 5.19. The molecule has 2 nitrogen and oxygen atoms in total. The third kappa shape index (κ3) is 3.79. The zero-order valence-corrected chi connectivity index (χ0v) is 13.5. The van der Waals surface area contributed by atoms with Crippen molar-refractivity contribution in [3.8, 4) is 0 Å². The number of hydrogen-bond donors (Lipinski definition) is 1. The molecule has 0 spiro atoms. The van der Waals surface area contributed by atoms with Gasteiger partial charge in [-0.25, -0.2) is 0 Å². The van der Waals surface area contributed by atoms with Crippen LogP contribution in [0.15, 0.2) is 91.0 Å². The maximum atomic E-state index is 13.1. The van der Waals surface area contributed by atoms with Crippen molar-refractivity contribution in [2.45, 2.75) is 12.5 Å². The molecule has 2 atom stereocenters. The van der Waals surface area contributed by atoms with Gasteiger partial charge in [0.1, 0.15) is 0 Å². The maximum absolute atomic E-state index is 13.1. The van der Waals surface area contributed by atoms with Gasteiger partial charge in [0.25, 0.3) is 0 Å². The summed E-state index contributed by atoms with van der Waals surface area (Å²) in [6.45, 7) is 0. The van der Waals surface area contributed by atoms with Gasteiger partial charge in [-0.2, -0.15) is 0 Å². The van der Waals surface area contributed by atoms with Crippen LogP contribution in [0.4, 0.5) is 0 Å². The third-order valence-electron chi connectivity index (χ3n) is 4.31. The smallest absolute Gasteiger partial charge is 0.168 e. The molecule has 0 bridgehead atoms. The second-order valence-corrected chi connectivity index (χ2v) is 5.96. The maximum Gasteiger partial charge on any atom is 0.168 e. The van der Waals surface area contributed by atoms with Crippen molar-refractivity contribution in [2.24, 2.45) is 11.7 Å². The van der Waals surface area contributed by atoms with E-state index in [0.717, 1.165) is 11.1 Å². The van der Waals surface area contributed by atoms with E-state index in [2.05, 4.69) is 0 Å². The first-order valence-electron chi connectivity index (χ1n) is 8.19. The minimum atomic E-state index is -0.334. The molecule has 0 amide bonds. The molecule has 0 unspecified atom stereocenters. The molecule has 0 fully saturated rings. The highest BCUT2D eigenvalue weighted by Crippen LogP contribution is 2.26. The van der Waals surface area contributed by atoms with E-state index < -0.39 is 0 Å². The van der Waals surface area contributed by atoms with Crippen LogP contribution in [0.2, 0.25) is 0 Å². The summed E-state index contributed by atoms with van der Waals surface area (Å²) in [5.74, 6) is -0.201. The molecular formula is C22H21NO. The van der Waals surface area contributed by atoms with Gasteiger partial charge < -0.3 is 5.73 Å². The number of benzene rings is 3. The monoisotopic (exact) mass is 315 g/mol. The van der Waals surface area contributed by atoms with Gasteiger partial charge in [0, 0.05) is 17.5 Å². The lowest BCUT2D eigenvalue weighted by Crippen LogP contribution is -2.30. The van der Waals surface area contributed by atoms with E-state index in [-0.39, 0.29) is 17.7 Å². The molecule has 3 rings (SSSR count). The van der Waals surface area contributed by atoms with E-state index in [9.17, 15) is 4.79 Å². The first-order valence-corrected chi connectivity index (χ1v) is 8.19. The van der Waals surface area contributed by atoms with E-state index in [0.29, 0.717) is 12.0 Å². The van der Waals surface area contributed by atoms with Gasteiger partial charge in [-0.1, -0.05) is 91.0 Å². The molecule has 0 radical (unpaired) electrons. The summed E-state index contributed by atoms with van der Waals surface area (Å²) >= 11 is 0. The lowest BCUT2D eigenvalue weighted by Gasteiger charge is -2.23. The zero-order valence-electron chi connectivity index (χ0n) is 13.5. The standard InChI is InChI=1S/C22H21NO/c23-21(18-12-6-2-7-13-18)20(16-17-10-4-1-5-11-17)22(24)19-14-8-3-9-15-19/h1-15,20-21H,16,23H2/t20-,21+/m1/s1. The predicted molar refractivity (Wildman–Crippen MR) is 97.8 cm³/mol. The van der Waals surface area contributed by atoms with E-state index >= 15 is 0 Å².